The zero-order chi connectivity index (χ0) is 22.0. The van der Waals surface area contributed by atoms with Crippen molar-refractivity contribution in [2.24, 2.45) is 0 Å². The van der Waals surface area contributed by atoms with Crippen LogP contribution in [0.25, 0.3) is 5.69 Å². The van der Waals surface area contributed by atoms with Gasteiger partial charge in [0.2, 0.25) is 0 Å². The molecule has 1 amide bonds. The normalized spacial score (nSPS) is 16.3. The van der Waals surface area contributed by atoms with Gasteiger partial charge in [-0.1, -0.05) is 42.5 Å². The molecule has 0 spiro atoms. The molecular weight excluding hydrogens is 390 g/mol. The average Bonchev–Trinajstić information content (AvgIpc) is 3.08. The summed E-state index contributed by atoms with van der Waals surface area (Å²) in [5.41, 5.74) is 4.93. The number of nitrogens with zero attached hydrogens (tertiary/aromatic N) is 2. The number of para-hydroxylation sites is 1. The molecule has 160 valence electrons. The van der Waals surface area contributed by atoms with Gasteiger partial charge in [-0.05, 0) is 63.3 Å². The van der Waals surface area contributed by atoms with Gasteiger partial charge in [0.1, 0.15) is 5.56 Å². The zero-order valence-electron chi connectivity index (χ0n) is 18.1. The van der Waals surface area contributed by atoms with Crippen LogP contribution in [0.15, 0.2) is 54.6 Å². The van der Waals surface area contributed by atoms with Crippen molar-refractivity contribution in [3.63, 3.8) is 0 Å². The fourth-order valence-corrected chi connectivity index (χ4v) is 4.22. The van der Waals surface area contributed by atoms with Crippen LogP contribution < -0.4 is 5.32 Å². The minimum Gasteiger partial charge on any atom is -0.449 e. The van der Waals surface area contributed by atoms with Gasteiger partial charge in [0.15, 0.2) is 6.10 Å². The molecule has 0 unspecified atom stereocenters. The molecule has 2 aromatic carbocycles. The number of benzene rings is 2. The number of esters is 1. The Balaban J connectivity index is 1.46. The van der Waals surface area contributed by atoms with Gasteiger partial charge in [-0.2, -0.15) is 5.10 Å². The number of amides is 1. The molecule has 1 aliphatic carbocycles. The molecular formula is C25H27N3O3. The van der Waals surface area contributed by atoms with Crippen LogP contribution >= 0.6 is 0 Å². The van der Waals surface area contributed by atoms with E-state index in [1.165, 1.54) is 5.56 Å². The van der Waals surface area contributed by atoms with Crippen molar-refractivity contribution in [2.75, 3.05) is 0 Å². The van der Waals surface area contributed by atoms with Gasteiger partial charge in [-0.3, -0.25) is 4.79 Å². The molecule has 0 bridgehead atoms. The minimum absolute atomic E-state index is 0.0529. The van der Waals surface area contributed by atoms with Gasteiger partial charge in [0.05, 0.1) is 23.1 Å². The van der Waals surface area contributed by atoms with Crippen molar-refractivity contribution in [3.05, 3.63) is 82.7 Å². The number of hydrogen-bond donors (Lipinski definition) is 1. The standard InChI is InChI=1S/C25H27N3O3/c1-16-23(17(2)28(27-16)20-12-5-4-6-13-20)25(30)31-18(3)24(29)26-22-15-9-11-19-10-7-8-14-21(19)22/h4-8,10,12-14,18,22H,9,11,15H2,1-3H3,(H,26,29)/t18-,22-/m0/s1. The molecule has 1 aliphatic rings. The highest BCUT2D eigenvalue weighted by Crippen LogP contribution is 2.29. The Morgan fingerprint density at radius 1 is 1.10 bits per heavy atom. The van der Waals surface area contributed by atoms with Gasteiger partial charge in [-0.15, -0.1) is 0 Å². The smallest absolute Gasteiger partial charge is 0.342 e. The van der Waals surface area contributed by atoms with Crippen molar-refractivity contribution in [1.82, 2.24) is 15.1 Å². The van der Waals surface area contributed by atoms with Crippen LogP contribution in [0, 0.1) is 13.8 Å². The van der Waals surface area contributed by atoms with Gasteiger partial charge in [0, 0.05) is 0 Å². The predicted octanol–water partition coefficient (Wildman–Crippen LogP) is 4.23. The Morgan fingerprint density at radius 3 is 2.58 bits per heavy atom. The number of carbonyl (C=O) groups is 2. The van der Waals surface area contributed by atoms with Crippen LogP contribution in [0.3, 0.4) is 0 Å². The molecule has 31 heavy (non-hydrogen) atoms. The summed E-state index contributed by atoms with van der Waals surface area (Å²) in [5.74, 6) is -0.829. The van der Waals surface area contributed by atoms with E-state index in [4.69, 9.17) is 4.74 Å². The fourth-order valence-electron chi connectivity index (χ4n) is 4.22. The highest BCUT2D eigenvalue weighted by molar-refractivity contribution is 5.94. The second-order valence-electron chi connectivity index (χ2n) is 7.99. The Hall–Kier alpha value is -3.41. The summed E-state index contributed by atoms with van der Waals surface area (Å²) in [5, 5.41) is 7.54. The van der Waals surface area contributed by atoms with Crippen molar-refractivity contribution in [3.8, 4) is 5.69 Å². The molecule has 1 aromatic heterocycles. The van der Waals surface area contributed by atoms with Crippen molar-refractivity contribution in [2.45, 2.75) is 52.2 Å². The maximum Gasteiger partial charge on any atom is 0.342 e. The van der Waals surface area contributed by atoms with Gasteiger partial charge in [-0.25, -0.2) is 9.48 Å². The fraction of sp³-hybridized carbons (Fsp3) is 0.320. The van der Waals surface area contributed by atoms with Crippen molar-refractivity contribution >= 4 is 11.9 Å². The molecule has 0 saturated carbocycles. The second kappa shape index (κ2) is 8.76. The van der Waals surface area contributed by atoms with Crippen molar-refractivity contribution in [1.29, 1.82) is 0 Å². The van der Waals surface area contributed by atoms with Crippen LogP contribution in [0.2, 0.25) is 0 Å². The van der Waals surface area contributed by atoms with E-state index in [1.54, 1.807) is 18.5 Å². The maximum atomic E-state index is 12.9. The summed E-state index contributed by atoms with van der Waals surface area (Å²) in [4.78, 5) is 25.7. The number of fused-ring (bicyclic) bond motifs is 1. The molecule has 2 atom stereocenters. The lowest BCUT2D eigenvalue weighted by Gasteiger charge is -2.27. The van der Waals surface area contributed by atoms with Crippen LogP contribution in [0.5, 0.6) is 0 Å². The van der Waals surface area contributed by atoms with E-state index in [0.29, 0.717) is 17.0 Å². The highest BCUT2D eigenvalue weighted by atomic mass is 16.5. The van der Waals surface area contributed by atoms with E-state index < -0.39 is 12.1 Å². The first kappa shape index (κ1) is 20.8. The first-order valence-corrected chi connectivity index (χ1v) is 10.7. The zero-order valence-corrected chi connectivity index (χ0v) is 18.1. The lowest BCUT2D eigenvalue weighted by Crippen LogP contribution is -2.39. The van der Waals surface area contributed by atoms with E-state index in [2.05, 4.69) is 22.5 Å². The number of aromatic nitrogens is 2. The highest BCUT2D eigenvalue weighted by Gasteiger charge is 2.28. The predicted molar refractivity (Wildman–Crippen MR) is 118 cm³/mol. The third-order valence-electron chi connectivity index (χ3n) is 5.84. The molecule has 6 heteroatoms. The van der Waals surface area contributed by atoms with E-state index in [-0.39, 0.29) is 11.9 Å². The van der Waals surface area contributed by atoms with Gasteiger partial charge >= 0.3 is 5.97 Å². The monoisotopic (exact) mass is 417 g/mol. The molecule has 0 fully saturated rings. The third kappa shape index (κ3) is 4.24. The first-order valence-electron chi connectivity index (χ1n) is 10.7. The lowest BCUT2D eigenvalue weighted by molar-refractivity contribution is -0.130. The van der Waals surface area contributed by atoms with Crippen LogP contribution in [0.4, 0.5) is 0 Å². The van der Waals surface area contributed by atoms with E-state index in [0.717, 1.165) is 30.5 Å². The maximum absolute atomic E-state index is 12.9. The number of carbonyl (C=O) groups excluding carboxylic acids is 2. The number of nitrogens with one attached hydrogen (secondary N) is 1. The van der Waals surface area contributed by atoms with E-state index in [1.807, 2.05) is 49.4 Å². The number of ether oxygens (including phenoxy) is 1. The van der Waals surface area contributed by atoms with Crippen molar-refractivity contribution < 1.29 is 14.3 Å². The summed E-state index contributed by atoms with van der Waals surface area (Å²) in [7, 11) is 0. The Bertz CT molecular complexity index is 1100. The van der Waals surface area contributed by atoms with Gasteiger partial charge in [0.25, 0.3) is 5.91 Å². The summed E-state index contributed by atoms with van der Waals surface area (Å²) in [6, 6.07) is 17.7. The average molecular weight is 418 g/mol. The molecule has 0 saturated heterocycles. The second-order valence-corrected chi connectivity index (χ2v) is 7.99. The lowest BCUT2D eigenvalue weighted by atomic mass is 9.87. The topological polar surface area (TPSA) is 73.2 Å². The molecule has 1 heterocycles. The molecule has 0 aliphatic heterocycles. The Morgan fingerprint density at radius 2 is 1.81 bits per heavy atom. The number of rotatable bonds is 5. The van der Waals surface area contributed by atoms with Crippen LogP contribution in [0.1, 0.15) is 58.7 Å². The molecule has 4 rings (SSSR count). The van der Waals surface area contributed by atoms with E-state index >= 15 is 0 Å². The molecule has 1 N–H and O–H groups in total. The van der Waals surface area contributed by atoms with Crippen LogP contribution in [-0.2, 0) is 16.0 Å². The number of aryl methyl sites for hydroxylation is 2. The minimum atomic E-state index is -0.902. The first-order chi connectivity index (χ1) is 15.0. The molecule has 6 nitrogen and oxygen atoms in total. The molecule has 3 aromatic rings. The number of hydrogen-bond acceptors (Lipinski definition) is 4. The summed E-state index contributed by atoms with van der Waals surface area (Å²) < 4.78 is 7.25. The van der Waals surface area contributed by atoms with Crippen LogP contribution in [-0.4, -0.2) is 27.8 Å². The largest absolute Gasteiger partial charge is 0.449 e. The summed E-state index contributed by atoms with van der Waals surface area (Å²) >= 11 is 0. The molecule has 0 radical (unpaired) electrons. The van der Waals surface area contributed by atoms with Gasteiger partial charge < -0.3 is 10.1 Å². The van der Waals surface area contributed by atoms with E-state index in [9.17, 15) is 9.59 Å². The summed E-state index contributed by atoms with van der Waals surface area (Å²) in [6.07, 6.45) is 2.02. The third-order valence-corrected chi connectivity index (χ3v) is 5.84. The Labute approximate surface area is 182 Å². The SMILES string of the molecule is Cc1nn(-c2ccccc2)c(C)c1C(=O)O[C@@H](C)C(=O)N[C@H]1CCCc2ccccc21. The quantitative estimate of drug-likeness (QED) is 0.631. The summed E-state index contributed by atoms with van der Waals surface area (Å²) in [6.45, 7) is 5.20. The Kier molecular flexibility index (Phi) is 5.89.